The molecular formula is C27H40N8O2. The molecule has 2 amide bonds. The van der Waals surface area contributed by atoms with Crippen LogP contribution < -0.4 is 0 Å². The normalized spacial score (nSPS) is 28.8. The minimum absolute atomic E-state index is 0.123. The van der Waals surface area contributed by atoms with Crippen molar-refractivity contribution in [2.24, 2.45) is 9.98 Å². The Morgan fingerprint density at radius 3 is 2.65 bits per heavy atom. The maximum absolute atomic E-state index is 13.9. The number of aromatic nitrogens is 2. The van der Waals surface area contributed by atoms with E-state index in [0.717, 1.165) is 49.3 Å². The predicted molar refractivity (Wildman–Crippen MR) is 143 cm³/mol. The molecular weight excluding hydrogens is 468 g/mol. The van der Waals surface area contributed by atoms with Crippen molar-refractivity contribution in [3.8, 4) is 0 Å². The van der Waals surface area contributed by atoms with Crippen LogP contribution in [0.5, 0.6) is 0 Å². The van der Waals surface area contributed by atoms with Gasteiger partial charge in [0.15, 0.2) is 5.82 Å². The van der Waals surface area contributed by atoms with Gasteiger partial charge in [-0.25, -0.2) is 9.79 Å². The fourth-order valence-electron chi connectivity index (χ4n) is 6.11. The van der Waals surface area contributed by atoms with Crippen molar-refractivity contribution >= 4 is 23.3 Å². The largest absolute Gasteiger partial charge is 0.377 e. The number of carbonyl (C=O) groups excluding carboxylic acids is 1. The number of urea groups is 1. The van der Waals surface area contributed by atoms with Crippen LogP contribution in [0, 0.1) is 6.92 Å². The number of likely N-dealkylation sites (N-methyl/N-ethyl adjacent to an activating group) is 2. The Balaban J connectivity index is 1.29. The number of aliphatic imine (C=N–C) groups is 2. The maximum atomic E-state index is 13.9. The van der Waals surface area contributed by atoms with E-state index >= 15 is 0 Å². The van der Waals surface area contributed by atoms with Crippen LogP contribution in [0.2, 0.25) is 0 Å². The summed E-state index contributed by atoms with van der Waals surface area (Å²) in [5, 5.41) is 4.76. The van der Waals surface area contributed by atoms with Crippen molar-refractivity contribution in [2.45, 2.75) is 89.8 Å². The molecule has 0 aromatic carbocycles. The van der Waals surface area contributed by atoms with Gasteiger partial charge in [-0.2, -0.15) is 5.10 Å². The number of likely N-dealkylation sites (tertiary alicyclic amines) is 1. The third kappa shape index (κ3) is 4.23. The molecule has 0 N–H and O–H groups in total. The van der Waals surface area contributed by atoms with Crippen LogP contribution in [-0.4, -0.2) is 110 Å². The van der Waals surface area contributed by atoms with E-state index in [0.29, 0.717) is 44.3 Å². The lowest BCUT2D eigenvalue weighted by Gasteiger charge is -2.50. The van der Waals surface area contributed by atoms with Crippen LogP contribution >= 0.6 is 0 Å². The van der Waals surface area contributed by atoms with Crippen LogP contribution in [0.3, 0.4) is 0 Å². The van der Waals surface area contributed by atoms with Crippen molar-refractivity contribution in [1.29, 1.82) is 0 Å². The van der Waals surface area contributed by atoms with E-state index in [9.17, 15) is 4.79 Å². The monoisotopic (exact) mass is 508 g/mol. The highest BCUT2D eigenvalue weighted by atomic mass is 16.5. The average molecular weight is 509 g/mol. The first-order chi connectivity index (χ1) is 17.8. The molecule has 37 heavy (non-hydrogen) atoms. The zero-order valence-electron chi connectivity index (χ0n) is 22.8. The third-order valence-electron chi connectivity index (χ3n) is 8.27. The lowest BCUT2D eigenvalue weighted by atomic mass is 9.83. The smallest absolute Gasteiger partial charge is 0.325 e. The quantitative estimate of drug-likeness (QED) is 0.539. The van der Waals surface area contributed by atoms with Crippen LogP contribution in [-0.2, 0) is 11.3 Å². The first kappa shape index (κ1) is 24.8. The van der Waals surface area contributed by atoms with Crippen molar-refractivity contribution in [3.05, 3.63) is 24.0 Å². The van der Waals surface area contributed by atoms with Crippen LogP contribution in [0.1, 0.15) is 52.1 Å². The number of nitrogens with zero attached hydrogens (tertiary/aromatic N) is 8. The fraction of sp³-hybridized carbons (Fsp3) is 0.704. The number of ether oxygens (including phenoxy) is 1. The van der Waals surface area contributed by atoms with E-state index in [1.807, 2.05) is 35.7 Å². The Morgan fingerprint density at radius 2 is 2.00 bits per heavy atom. The van der Waals surface area contributed by atoms with Crippen LogP contribution in [0.4, 0.5) is 10.6 Å². The van der Waals surface area contributed by atoms with Gasteiger partial charge in [0.25, 0.3) is 0 Å². The van der Waals surface area contributed by atoms with Crippen LogP contribution in [0.15, 0.2) is 28.3 Å². The van der Waals surface area contributed by atoms with E-state index < -0.39 is 5.54 Å². The molecule has 2 unspecified atom stereocenters. The summed E-state index contributed by atoms with van der Waals surface area (Å²) in [4.78, 5) is 32.7. The number of carbonyl (C=O) groups is 1. The zero-order chi connectivity index (χ0) is 25.9. The third-order valence-corrected chi connectivity index (χ3v) is 8.27. The molecule has 1 spiro atoms. The fourth-order valence-corrected chi connectivity index (χ4v) is 6.11. The molecule has 1 saturated heterocycles. The van der Waals surface area contributed by atoms with Gasteiger partial charge in [0, 0.05) is 36.6 Å². The van der Waals surface area contributed by atoms with Crippen molar-refractivity contribution in [1.82, 2.24) is 29.4 Å². The number of piperidine rings is 1. The number of amides is 2. The SMILES string of the molecule is CCN1CC(=Nc2cc(C)n(CCOC(C)C)n2)C2=NCN(C)C23C=CN(C(=O)N(C2CC2)C2CC2)C13. The standard InChI is InChI=1S/C27H40N8O2/c1-6-32-16-22(29-23-15-19(4)34(30-23)13-14-37-18(2)3)24-27(31(5)17-28-24)11-12-33(25(27)32)26(36)35(20-7-8-20)21-9-10-21/h11-12,15,18,20-21,25H,6-10,13-14,16-17H2,1-5H3. The predicted octanol–water partition coefficient (Wildman–Crippen LogP) is 3.01. The Hall–Kier alpha value is -2.56. The van der Waals surface area contributed by atoms with Gasteiger partial charge in [0.2, 0.25) is 0 Å². The topological polar surface area (TPSA) is 81.8 Å². The highest BCUT2D eigenvalue weighted by Crippen LogP contribution is 2.44. The highest BCUT2D eigenvalue weighted by molar-refractivity contribution is 6.48. The summed E-state index contributed by atoms with van der Waals surface area (Å²) in [6.45, 7) is 11.7. The molecule has 0 bridgehead atoms. The van der Waals surface area contributed by atoms with Gasteiger partial charge in [-0.05, 0) is 66.1 Å². The molecule has 6 rings (SSSR count). The summed E-state index contributed by atoms with van der Waals surface area (Å²) in [6, 6.07) is 3.01. The van der Waals surface area contributed by atoms with Crippen LogP contribution in [0.25, 0.3) is 0 Å². The summed E-state index contributed by atoms with van der Waals surface area (Å²) in [7, 11) is 2.10. The Morgan fingerprint density at radius 1 is 1.27 bits per heavy atom. The number of hydrogen-bond donors (Lipinski definition) is 0. The van der Waals surface area contributed by atoms with Crippen molar-refractivity contribution < 1.29 is 9.53 Å². The lowest BCUT2D eigenvalue weighted by molar-refractivity contribution is 0.0349. The second kappa shape index (κ2) is 9.32. The number of aryl methyl sites for hydroxylation is 1. The number of hydrogen-bond acceptors (Lipinski definition) is 7. The summed E-state index contributed by atoms with van der Waals surface area (Å²) in [6.07, 6.45) is 8.80. The molecule has 5 aliphatic rings. The molecule has 2 saturated carbocycles. The molecule has 1 aromatic rings. The molecule has 10 heteroatoms. The number of rotatable bonds is 8. The van der Waals surface area contributed by atoms with E-state index in [4.69, 9.17) is 19.8 Å². The van der Waals surface area contributed by atoms with E-state index in [2.05, 4.69) is 41.7 Å². The van der Waals surface area contributed by atoms with E-state index in [1.54, 1.807) is 0 Å². The Labute approximate surface area is 219 Å². The van der Waals surface area contributed by atoms with Gasteiger partial charge in [0.05, 0.1) is 37.3 Å². The molecule has 3 fully saturated rings. The second-order valence-electron chi connectivity index (χ2n) is 11.3. The van der Waals surface area contributed by atoms with Gasteiger partial charge in [-0.15, -0.1) is 0 Å². The second-order valence-corrected chi connectivity index (χ2v) is 11.3. The highest BCUT2D eigenvalue weighted by Gasteiger charge is 2.61. The summed E-state index contributed by atoms with van der Waals surface area (Å²) >= 11 is 0. The summed E-state index contributed by atoms with van der Waals surface area (Å²) in [5.41, 5.74) is 2.47. The molecule has 200 valence electrons. The Kier molecular flexibility index (Phi) is 6.24. The molecule has 3 aliphatic heterocycles. The minimum atomic E-state index is -0.496. The van der Waals surface area contributed by atoms with Crippen molar-refractivity contribution in [2.75, 3.05) is 33.4 Å². The van der Waals surface area contributed by atoms with Gasteiger partial charge in [0.1, 0.15) is 11.7 Å². The van der Waals surface area contributed by atoms with Gasteiger partial charge in [-0.1, -0.05) is 6.92 Å². The maximum Gasteiger partial charge on any atom is 0.325 e. The summed E-state index contributed by atoms with van der Waals surface area (Å²) in [5.74, 6) is 0.697. The lowest BCUT2D eigenvalue weighted by Crippen LogP contribution is -2.71. The molecule has 1 aromatic heterocycles. The summed E-state index contributed by atoms with van der Waals surface area (Å²) < 4.78 is 7.68. The zero-order valence-corrected chi connectivity index (χ0v) is 22.8. The molecule has 4 heterocycles. The van der Waals surface area contributed by atoms with Gasteiger partial charge < -0.3 is 9.64 Å². The Bertz CT molecular complexity index is 1140. The first-order valence-electron chi connectivity index (χ1n) is 13.9. The molecule has 2 aliphatic carbocycles. The average Bonchev–Trinajstić information content (AvgIpc) is 3.78. The van der Waals surface area contributed by atoms with Gasteiger partial charge >= 0.3 is 6.03 Å². The van der Waals surface area contributed by atoms with Gasteiger partial charge in [-0.3, -0.25) is 24.4 Å². The van der Waals surface area contributed by atoms with E-state index in [1.165, 1.54) is 0 Å². The minimum Gasteiger partial charge on any atom is -0.377 e. The molecule has 10 nitrogen and oxygen atoms in total. The van der Waals surface area contributed by atoms with E-state index in [-0.39, 0.29) is 18.3 Å². The van der Waals surface area contributed by atoms with Crippen molar-refractivity contribution in [3.63, 3.8) is 0 Å². The molecule has 2 atom stereocenters. The first-order valence-corrected chi connectivity index (χ1v) is 13.9. The molecule has 0 radical (unpaired) electrons.